The van der Waals surface area contributed by atoms with Gasteiger partial charge in [-0.3, -0.25) is 4.72 Å². The van der Waals surface area contributed by atoms with Crippen LogP contribution in [0.4, 0.5) is 5.69 Å². The molecule has 1 saturated heterocycles. The molecule has 0 radical (unpaired) electrons. The highest BCUT2D eigenvalue weighted by atomic mass is 35.5. The summed E-state index contributed by atoms with van der Waals surface area (Å²) in [7, 11) is -1.89. The number of aryl methyl sites for hydroxylation is 1. The molecule has 0 aromatic heterocycles. The number of rotatable bonds is 7. The van der Waals surface area contributed by atoms with E-state index < -0.39 is 10.0 Å². The second-order valence-electron chi connectivity index (χ2n) is 8.30. The van der Waals surface area contributed by atoms with Crippen LogP contribution in [0.25, 0.3) is 0 Å². The number of likely N-dealkylation sites (N-methyl/N-ethyl adjacent to an activating group) is 1. The number of sulfonamides is 1. The van der Waals surface area contributed by atoms with E-state index in [1.165, 1.54) is 12.1 Å². The number of anilines is 1. The second kappa shape index (κ2) is 10.3. The molecule has 35 heavy (non-hydrogen) atoms. The van der Waals surface area contributed by atoms with Crippen LogP contribution in [0.3, 0.4) is 0 Å². The molecular weight excluding hydrogens is 509 g/mol. The van der Waals surface area contributed by atoms with Crippen molar-refractivity contribution in [3.63, 3.8) is 0 Å². The van der Waals surface area contributed by atoms with Crippen LogP contribution in [0.2, 0.25) is 10.0 Å². The maximum absolute atomic E-state index is 13.1. The fraction of sp³-hybridized carbons (Fsp3) is 0.240. The molecule has 1 heterocycles. The Balaban J connectivity index is 1.53. The lowest BCUT2D eigenvalue weighted by Gasteiger charge is -2.17. The summed E-state index contributed by atoms with van der Waals surface area (Å²) in [4.78, 5) is 2.25. The van der Waals surface area contributed by atoms with Crippen molar-refractivity contribution < 1.29 is 17.9 Å². The molecule has 0 amide bonds. The Morgan fingerprint density at radius 3 is 2.57 bits per heavy atom. The SMILES string of the molecule is Cc1cc(Oc2cccc(Cl)c2C#N)ccc1S(=O)(=O)Nc1ccc(Cl)c(OC2CCN(C)C2)c1. The number of hydrogen-bond acceptors (Lipinski definition) is 6. The summed E-state index contributed by atoms with van der Waals surface area (Å²) in [5.74, 6) is 1.10. The number of nitriles is 1. The second-order valence-corrected chi connectivity index (χ2v) is 10.8. The summed E-state index contributed by atoms with van der Waals surface area (Å²) in [5, 5.41) is 10.0. The largest absolute Gasteiger partial charge is 0.487 e. The Hall–Kier alpha value is -2.96. The first-order valence-corrected chi connectivity index (χ1v) is 13.0. The Bertz CT molecular complexity index is 1410. The lowest BCUT2D eigenvalue weighted by molar-refractivity contribution is 0.208. The van der Waals surface area contributed by atoms with Gasteiger partial charge in [0.2, 0.25) is 0 Å². The number of benzene rings is 3. The Labute approximate surface area is 214 Å². The van der Waals surface area contributed by atoms with E-state index in [0.29, 0.717) is 27.8 Å². The highest BCUT2D eigenvalue weighted by molar-refractivity contribution is 7.92. The lowest BCUT2D eigenvalue weighted by atomic mass is 10.2. The fourth-order valence-electron chi connectivity index (χ4n) is 3.85. The van der Waals surface area contributed by atoms with Crippen molar-refractivity contribution in [1.29, 1.82) is 5.26 Å². The summed E-state index contributed by atoms with van der Waals surface area (Å²) in [5.41, 5.74) is 1.01. The quantitative estimate of drug-likeness (QED) is 0.411. The van der Waals surface area contributed by atoms with Gasteiger partial charge in [-0.15, -0.1) is 0 Å². The number of likely N-dealkylation sites (tertiary alicyclic amines) is 1. The molecule has 1 atom stereocenters. The number of nitrogens with zero attached hydrogens (tertiary/aromatic N) is 2. The van der Waals surface area contributed by atoms with Gasteiger partial charge in [-0.2, -0.15) is 5.26 Å². The van der Waals surface area contributed by atoms with E-state index in [-0.39, 0.29) is 27.3 Å². The zero-order chi connectivity index (χ0) is 25.2. The monoisotopic (exact) mass is 531 g/mol. The molecule has 0 saturated carbocycles. The van der Waals surface area contributed by atoms with Gasteiger partial charge in [-0.1, -0.05) is 29.3 Å². The van der Waals surface area contributed by atoms with Crippen LogP contribution >= 0.6 is 23.2 Å². The molecule has 0 spiro atoms. The smallest absolute Gasteiger partial charge is 0.262 e. The van der Waals surface area contributed by atoms with Crippen molar-refractivity contribution in [2.24, 2.45) is 0 Å². The molecule has 182 valence electrons. The molecule has 1 N–H and O–H groups in total. The third-order valence-corrected chi connectivity index (χ3v) is 7.74. The minimum Gasteiger partial charge on any atom is -0.487 e. The zero-order valence-corrected chi connectivity index (χ0v) is 21.4. The predicted molar refractivity (Wildman–Crippen MR) is 136 cm³/mol. The summed E-state index contributed by atoms with van der Waals surface area (Å²) < 4.78 is 40.6. The van der Waals surface area contributed by atoms with Crippen molar-refractivity contribution in [1.82, 2.24) is 4.90 Å². The first-order chi connectivity index (χ1) is 16.7. The van der Waals surface area contributed by atoms with Crippen molar-refractivity contribution >= 4 is 38.9 Å². The third-order valence-electron chi connectivity index (χ3n) is 5.58. The van der Waals surface area contributed by atoms with Crippen molar-refractivity contribution in [3.05, 3.63) is 75.8 Å². The molecule has 3 aromatic rings. The van der Waals surface area contributed by atoms with Gasteiger partial charge in [0.25, 0.3) is 10.0 Å². The third kappa shape index (κ3) is 5.82. The predicted octanol–water partition coefficient (Wildman–Crippen LogP) is 5.85. The van der Waals surface area contributed by atoms with Crippen LogP contribution in [-0.4, -0.2) is 39.6 Å². The average molecular weight is 532 g/mol. The van der Waals surface area contributed by atoms with Gasteiger partial charge < -0.3 is 14.4 Å². The van der Waals surface area contributed by atoms with Crippen LogP contribution in [0, 0.1) is 18.3 Å². The zero-order valence-electron chi connectivity index (χ0n) is 19.1. The first-order valence-electron chi connectivity index (χ1n) is 10.8. The van der Waals surface area contributed by atoms with Crippen molar-refractivity contribution in [2.45, 2.75) is 24.3 Å². The highest BCUT2D eigenvalue weighted by Gasteiger charge is 2.23. The van der Waals surface area contributed by atoms with Crippen LogP contribution in [0.5, 0.6) is 17.2 Å². The highest BCUT2D eigenvalue weighted by Crippen LogP contribution is 2.33. The number of hydrogen-bond donors (Lipinski definition) is 1. The molecule has 10 heteroatoms. The standard InChI is InChI=1S/C25H23Cl2N3O4S/c1-16-12-18(33-23-5-3-4-21(26)20(23)14-28)7-9-25(16)35(31,32)29-17-6-8-22(27)24(13-17)34-19-10-11-30(2)15-19/h3-9,12-13,19,29H,10-11,15H2,1-2H3. The normalized spacial score (nSPS) is 16.0. The topological polar surface area (TPSA) is 91.7 Å². The Kier molecular flexibility index (Phi) is 7.43. The molecule has 3 aromatic carbocycles. The van der Waals surface area contributed by atoms with E-state index in [9.17, 15) is 13.7 Å². The minimum absolute atomic E-state index is 0.000177. The number of halogens is 2. The molecule has 7 nitrogen and oxygen atoms in total. The van der Waals surface area contributed by atoms with E-state index in [4.69, 9.17) is 32.7 Å². The summed E-state index contributed by atoms with van der Waals surface area (Å²) in [6.45, 7) is 3.38. The maximum atomic E-state index is 13.1. The molecular formula is C25H23Cl2N3O4S. The van der Waals surface area contributed by atoms with Gasteiger partial charge in [0.1, 0.15) is 35.0 Å². The van der Waals surface area contributed by atoms with E-state index in [1.54, 1.807) is 49.4 Å². The number of ether oxygens (including phenoxy) is 2. The van der Waals surface area contributed by atoms with E-state index in [1.807, 2.05) is 13.1 Å². The Morgan fingerprint density at radius 2 is 1.89 bits per heavy atom. The van der Waals surface area contributed by atoms with Gasteiger partial charge in [-0.25, -0.2) is 8.42 Å². The van der Waals surface area contributed by atoms with Crippen LogP contribution in [0.1, 0.15) is 17.5 Å². The van der Waals surface area contributed by atoms with Crippen LogP contribution < -0.4 is 14.2 Å². The first kappa shape index (κ1) is 25.1. The van der Waals surface area contributed by atoms with Crippen molar-refractivity contribution in [2.75, 3.05) is 24.9 Å². The molecule has 4 rings (SSSR count). The summed E-state index contributed by atoms with van der Waals surface area (Å²) in [6.07, 6.45) is 0.877. The molecule has 1 fully saturated rings. The fourth-order valence-corrected chi connectivity index (χ4v) is 5.50. The van der Waals surface area contributed by atoms with Gasteiger partial charge >= 0.3 is 0 Å². The number of nitrogens with one attached hydrogen (secondary N) is 1. The molecule has 0 bridgehead atoms. The van der Waals surface area contributed by atoms with E-state index >= 15 is 0 Å². The maximum Gasteiger partial charge on any atom is 0.262 e. The van der Waals surface area contributed by atoms with E-state index in [2.05, 4.69) is 9.62 Å². The Morgan fingerprint density at radius 1 is 1.09 bits per heavy atom. The van der Waals surface area contributed by atoms with Crippen LogP contribution in [0.15, 0.2) is 59.5 Å². The average Bonchev–Trinajstić information content (AvgIpc) is 3.20. The molecule has 1 aliphatic rings. The van der Waals surface area contributed by atoms with Gasteiger partial charge in [0.05, 0.1) is 20.6 Å². The van der Waals surface area contributed by atoms with E-state index in [0.717, 1.165) is 19.5 Å². The van der Waals surface area contributed by atoms with Gasteiger partial charge in [-0.05, 0) is 68.4 Å². The lowest BCUT2D eigenvalue weighted by Crippen LogP contribution is -2.21. The van der Waals surface area contributed by atoms with Crippen molar-refractivity contribution in [3.8, 4) is 23.3 Å². The van der Waals surface area contributed by atoms with Gasteiger partial charge in [0.15, 0.2) is 0 Å². The molecule has 0 aliphatic carbocycles. The molecule has 1 unspecified atom stereocenters. The van der Waals surface area contributed by atoms with Crippen LogP contribution in [-0.2, 0) is 10.0 Å². The minimum atomic E-state index is -3.90. The van der Waals surface area contributed by atoms with Gasteiger partial charge in [0, 0.05) is 19.2 Å². The molecule has 1 aliphatic heterocycles. The summed E-state index contributed by atoms with van der Waals surface area (Å²) in [6, 6.07) is 16.2. The summed E-state index contributed by atoms with van der Waals surface area (Å²) >= 11 is 12.3.